The Balaban J connectivity index is 1.88. The van der Waals surface area contributed by atoms with Crippen molar-refractivity contribution in [2.24, 2.45) is 0 Å². The fourth-order valence-electron chi connectivity index (χ4n) is 2.29. The average molecular weight is 224 g/mol. The van der Waals surface area contributed by atoms with Crippen molar-refractivity contribution < 1.29 is 0 Å². The highest BCUT2D eigenvalue weighted by atomic mass is 32.1. The SMILES string of the molecule is CC1CC(N[C@@H](C)c2cccs2)CN1C. The van der Waals surface area contributed by atoms with Crippen molar-refractivity contribution in [3.63, 3.8) is 0 Å². The highest BCUT2D eigenvalue weighted by molar-refractivity contribution is 7.10. The fraction of sp³-hybridized carbons (Fsp3) is 0.667. The Hall–Kier alpha value is -0.380. The number of nitrogens with one attached hydrogen (secondary N) is 1. The van der Waals surface area contributed by atoms with Crippen LogP contribution in [0.15, 0.2) is 17.5 Å². The molecule has 1 aromatic heterocycles. The van der Waals surface area contributed by atoms with Gasteiger partial charge in [0.1, 0.15) is 0 Å². The van der Waals surface area contributed by atoms with E-state index in [-0.39, 0.29) is 0 Å². The summed E-state index contributed by atoms with van der Waals surface area (Å²) in [5, 5.41) is 5.86. The minimum Gasteiger partial charge on any atom is -0.305 e. The van der Waals surface area contributed by atoms with Crippen molar-refractivity contribution in [3.8, 4) is 0 Å². The van der Waals surface area contributed by atoms with Crippen LogP contribution in [0.5, 0.6) is 0 Å². The minimum absolute atomic E-state index is 0.494. The highest BCUT2D eigenvalue weighted by Gasteiger charge is 2.26. The van der Waals surface area contributed by atoms with Crippen LogP contribution in [0.4, 0.5) is 0 Å². The molecule has 1 saturated heterocycles. The van der Waals surface area contributed by atoms with Crippen molar-refractivity contribution in [2.45, 2.75) is 38.4 Å². The van der Waals surface area contributed by atoms with Crippen LogP contribution in [0, 0.1) is 0 Å². The Bertz CT molecular complexity index is 287. The number of hydrogen-bond acceptors (Lipinski definition) is 3. The van der Waals surface area contributed by atoms with Crippen LogP contribution in [-0.2, 0) is 0 Å². The van der Waals surface area contributed by atoms with Crippen molar-refractivity contribution in [3.05, 3.63) is 22.4 Å². The Morgan fingerprint density at radius 3 is 2.93 bits per heavy atom. The molecule has 0 bridgehead atoms. The summed E-state index contributed by atoms with van der Waals surface area (Å²) in [6.07, 6.45) is 1.27. The second-order valence-corrected chi connectivity index (χ2v) is 5.60. The van der Waals surface area contributed by atoms with Gasteiger partial charge in [-0.25, -0.2) is 0 Å². The van der Waals surface area contributed by atoms with E-state index in [1.54, 1.807) is 0 Å². The predicted molar refractivity (Wildman–Crippen MR) is 66.4 cm³/mol. The van der Waals surface area contributed by atoms with Gasteiger partial charge < -0.3 is 10.2 Å². The van der Waals surface area contributed by atoms with E-state index in [9.17, 15) is 0 Å². The number of hydrogen-bond donors (Lipinski definition) is 1. The topological polar surface area (TPSA) is 15.3 Å². The van der Waals surface area contributed by atoms with Crippen LogP contribution >= 0.6 is 11.3 Å². The Morgan fingerprint density at radius 1 is 1.60 bits per heavy atom. The molecule has 1 fully saturated rings. The molecule has 2 nitrogen and oxygen atoms in total. The first-order valence-corrected chi connectivity index (χ1v) is 6.54. The molecular weight excluding hydrogens is 204 g/mol. The van der Waals surface area contributed by atoms with Gasteiger partial charge in [0.25, 0.3) is 0 Å². The zero-order chi connectivity index (χ0) is 10.8. The van der Waals surface area contributed by atoms with Gasteiger partial charge in [0, 0.05) is 29.5 Å². The van der Waals surface area contributed by atoms with Crippen molar-refractivity contribution in [1.29, 1.82) is 0 Å². The predicted octanol–water partition coefficient (Wildman–Crippen LogP) is 2.49. The van der Waals surface area contributed by atoms with E-state index < -0.39 is 0 Å². The summed E-state index contributed by atoms with van der Waals surface area (Å²) in [5.41, 5.74) is 0. The van der Waals surface area contributed by atoms with E-state index in [1.165, 1.54) is 17.8 Å². The lowest BCUT2D eigenvalue weighted by Crippen LogP contribution is -2.33. The number of thiophene rings is 1. The Kier molecular flexibility index (Phi) is 3.44. The molecule has 2 unspecified atom stereocenters. The van der Waals surface area contributed by atoms with Crippen LogP contribution < -0.4 is 5.32 Å². The van der Waals surface area contributed by atoms with Gasteiger partial charge in [-0.05, 0) is 38.8 Å². The van der Waals surface area contributed by atoms with Crippen LogP contribution in [0.1, 0.15) is 31.2 Å². The lowest BCUT2D eigenvalue weighted by molar-refractivity contribution is 0.325. The van der Waals surface area contributed by atoms with E-state index in [0.29, 0.717) is 12.1 Å². The van der Waals surface area contributed by atoms with Gasteiger partial charge in [0.2, 0.25) is 0 Å². The molecular formula is C12H20N2S. The van der Waals surface area contributed by atoms with Gasteiger partial charge in [0.05, 0.1) is 0 Å². The molecule has 3 atom stereocenters. The monoisotopic (exact) mass is 224 g/mol. The molecule has 3 heteroatoms. The molecule has 0 spiro atoms. The van der Waals surface area contributed by atoms with E-state index >= 15 is 0 Å². The van der Waals surface area contributed by atoms with E-state index in [2.05, 4.69) is 48.6 Å². The fourth-order valence-corrected chi connectivity index (χ4v) is 3.03. The third kappa shape index (κ3) is 2.60. The van der Waals surface area contributed by atoms with Gasteiger partial charge in [-0.3, -0.25) is 0 Å². The summed E-state index contributed by atoms with van der Waals surface area (Å²) in [4.78, 5) is 3.87. The maximum atomic E-state index is 3.71. The summed E-state index contributed by atoms with van der Waals surface area (Å²) in [6, 6.07) is 6.21. The second kappa shape index (κ2) is 4.64. The third-order valence-corrected chi connectivity index (χ3v) is 4.40. The maximum absolute atomic E-state index is 3.71. The van der Waals surface area contributed by atoms with E-state index in [4.69, 9.17) is 0 Å². The molecule has 0 aromatic carbocycles. The molecule has 1 aliphatic heterocycles. The van der Waals surface area contributed by atoms with E-state index in [0.717, 1.165) is 6.04 Å². The van der Waals surface area contributed by atoms with Gasteiger partial charge in [-0.15, -0.1) is 11.3 Å². The highest BCUT2D eigenvalue weighted by Crippen LogP contribution is 2.22. The zero-order valence-corrected chi connectivity index (χ0v) is 10.6. The zero-order valence-electron chi connectivity index (χ0n) is 9.73. The van der Waals surface area contributed by atoms with Crippen molar-refractivity contribution in [2.75, 3.05) is 13.6 Å². The number of rotatable bonds is 3. The average Bonchev–Trinajstić information content (AvgIpc) is 2.77. The summed E-state index contributed by atoms with van der Waals surface area (Å²) < 4.78 is 0. The van der Waals surface area contributed by atoms with Gasteiger partial charge in [-0.1, -0.05) is 6.07 Å². The smallest absolute Gasteiger partial charge is 0.0388 e. The third-order valence-electron chi connectivity index (χ3n) is 3.34. The largest absolute Gasteiger partial charge is 0.305 e. The first-order chi connectivity index (χ1) is 7.16. The minimum atomic E-state index is 0.494. The molecule has 84 valence electrons. The molecule has 0 amide bonds. The maximum Gasteiger partial charge on any atom is 0.0388 e. The summed E-state index contributed by atoms with van der Waals surface area (Å²) in [7, 11) is 2.21. The molecule has 15 heavy (non-hydrogen) atoms. The molecule has 0 saturated carbocycles. The van der Waals surface area contributed by atoms with Crippen molar-refractivity contribution in [1.82, 2.24) is 10.2 Å². The van der Waals surface area contributed by atoms with Crippen LogP contribution in [0.25, 0.3) is 0 Å². The Morgan fingerprint density at radius 2 is 2.40 bits per heavy atom. The molecule has 2 heterocycles. The summed E-state index contributed by atoms with van der Waals surface area (Å²) >= 11 is 1.84. The number of likely N-dealkylation sites (N-methyl/N-ethyl adjacent to an activating group) is 1. The summed E-state index contributed by atoms with van der Waals surface area (Å²) in [6.45, 7) is 5.74. The number of nitrogens with zero attached hydrogens (tertiary/aromatic N) is 1. The van der Waals surface area contributed by atoms with Gasteiger partial charge >= 0.3 is 0 Å². The lowest BCUT2D eigenvalue weighted by Gasteiger charge is -2.18. The molecule has 1 aliphatic rings. The first kappa shape index (κ1) is 11.1. The van der Waals surface area contributed by atoms with Crippen LogP contribution in [-0.4, -0.2) is 30.6 Å². The van der Waals surface area contributed by atoms with Gasteiger partial charge in [0.15, 0.2) is 0 Å². The first-order valence-electron chi connectivity index (χ1n) is 5.66. The summed E-state index contributed by atoms with van der Waals surface area (Å²) in [5.74, 6) is 0. The molecule has 2 rings (SSSR count). The van der Waals surface area contributed by atoms with Crippen molar-refractivity contribution >= 4 is 11.3 Å². The van der Waals surface area contributed by atoms with Crippen LogP contribution in [0.3, 0.4) is 0 Å². The van der Waals surface area contributed by atoms with Gasteiger partial charge in [-0.2, -0.15) is 0 Å². The normalized spacial score (nSPS) is 29.5. The lowest BCUT2D eigenvalue weighted by atomic mass is 10.1. The molecule has 1 N–H and O–H groups in total. The van der Waals surface area contributed by atoms with Crippen LogP contribution in [0.2, 0.25) is 0 Å². The molecule has 1 aromatic rings. The Labute approximate surface area is 96.3 Å². The molecule has 0 radical (unpaired) electrons. The standard InChI is InChI=1S/C12H20N2S/c1-9-7-11(8-14(9)3)13-10(2)12-5-4-6-15-12/h4-6,9-11,13H,7-8H2,1-3H3/t9?,10-,11?/m0/s1. The second-order valence-electron chi connectivity index (χ2n) is 4.62. The quantitative estimate of drug-likeness (QED) is 0.848. The number of likely N-dealkylation sites (tertiary alicyclic amines) is 1. The van der Waals surface area contributed by atoms with E-state index in [1.807, 2.05) is 11.3 Å². The molecule has 0 aliphatic carbocycles.